The Kier molecular flexibility index (Phi) is 21.0. The first kappa shape index (κ1) is 29.4. The van der Waals surface area contributed by atoms with Crippen LogP contribution in [-0.2, 0) is 11.2 Å². The third-order valence-corrected chi connectivity index (χ3v) is 6.06. The Morgan fingerprint density at radius 1 is 0.667 bits per heavy atom. The molecular formula is C28H50N2O3. The van der Waals surface area contributed by atoms with Gasteiger partial charge in [0.1, 0.15) is 6.61 Å². The van der Waals surface area contributed by atoms with Gasteiger partial charge in [0.15, 0.2) is 0 Å². The lowest BCUT2D eigenvalue weighted by atomic mass is 10.0. The van der Waals surface area contributed by atoms with Gasteiger partial charge in [-0.05, 0) is 31.4 Å². The van der Waals surface area contributed by atoms with Gasteiger partial charge in [0.05, 0.1) is 6.61 Å². The molecule has 33 heavy (non-hydrogen) atoms. The number of benzene rings is 1. The number of amides is 1. The van der Waals surface area contributed by atoms with E-state index in [2.05, 4.69) is 41.0 Å². The molecule has 0 saturated carbocycles. The van der Waals surface area contributed by atoms with Gasteiger partial charge in [-0.3, -0.25) is 0 Å². The van der Waals surface area contributed by atoms with Crippen LogP contribution in [0.25, 0.3) is 0 Å². The Morgan fingerprint density at radius 3 is 1.73 bits per heavy atom. The van der Waals surface area contributed by atoms with E-state index in [0.717, 1.165) is 13.1 Å². The van der Waals surface area contributed by atoms with E-state index in [1.807, 2.05) is 0 Å². The zero-order valence-corrected chi connectivity index (χ0v) is 21.0. The zero-order valence-electron chi connectivity index (χ0n) is 21.0. The van der Waals surface area contributed by atoms with Gasteiger partial charge in [0.2, 0.25) is 0 Å². The first-order chi connectivity index (χ1) is 16.3. The topological polar surface area (TPSA) is 70.6 Å². The van der Waals surface area contributed by atoms with Crippen molar-refractivity contribution in [3.8, 4) is 0 Å². The number of aliphatic hydroxyl groups is 1. The fourth-order valence-corrected chi connectivity index (χ4v) is 4.09. The fraction of sp³-hybridized carbons (Fsp3) is 0.750. The van der Waals surface area contributed by atoms with Crippen molar-refractivity contribution in [1.82, 2.24) is 10.6 Å². The van der Waals surface area contributed by atoms with Crippen LogP contribution in [0.2, 0.25) is 0 Å². The first-order valence-corrected chi connectivity index (χ1v) is 13.6. The van der Waals surface area contributed by atoms with E-state index in [1.165, 1.54) is 108 Å². The summed E-state index contributed by atoms with van der Waals surface area (Å²) in [4.78, 5) is 11.2. The molecule has 0 saturated heterocycles. The van der Waals surface area contributed by atoms with Gasteiger partial charge in [0, 0.05) is 13.1 Å². The van der Waals surface area contributed by atoms with Crippen molar-refractivity contribution in [3.05, 3.63) is 35.9 Å². The summed E-state index contributed by atoms with van der Waals surface area (Å²) >= 11 is 0. The predicted molar refractivity (Wildman–Crippen MR) is 139 cm³/mol. The summed E-state index contributed by atoms with van der Waals surface area (Å²) in [5.41, 5.74) is 1.48. The second-order valence-electron chi connectivity index (χ2n) is 9.08. The molecule has 1 aromatic carbocycles. The molecule has 0 aliphatic carbocycles. The van der Waals surface area contributed by atoms with E-state index in [4.69, 9.17) is 9.84 Å². The Bertz CT molecular complexity index is 539. The third-order valence-electron chi connectivity index (χ3n) is 6.06. The lowest BCUT2D eigenvalue weighted by molar-refractivity contribution is 0.119. The number of ether oxygens (including phenoxy) is 1. The summed E-state index contributed by atoms with van der Waals surface area (Å²) in [5, 5.41) is 14.5. The summed E-state index contributed by atoms with van der Waals surface area (Å²) in [7, 11) is 0. The molecule has 0 heterocycles. The number of hydrogen-bond donors (Lipinski definition) is 3. The normalized spacial score (nSPS) is 10.9. The van der Waals surface area contributed by atoms with E-state index in [9.17, 15) is 4.79 Å². The molecule has 0 radical (unpaired) electrons. The van der Waals surface area contributed by atoms with Crippen LogP contribution >= 0.6 is 0 Å². The van der Waals surface area contributed by atoms with Gasteiger partial charge in [-0.25, -0.2) is 4.79 Å². The molecule has 190 valence electrons. The van der Waals surface area contributed by atoms with E-state index >= 15 is 0 Å². The van der Waals surface area contributed by atoms with Crippen molar-refractivity contribution in [2.75, 3.05) is 32.8 Å². The van der Waals surface area contributed by atoms with Crippen molar-refractivity contribution in [1.29, 1.82) is 0 Å². The van der Waals surface area contributed by atoms with Crippen molar-refractivity contribution in [2.45, 2.75) is 103 Å². The number of hydrogen-bond acceptors (Lipinski definition) is 4. The quantitative estimate of drug-likeness (QED) is 0.165. The van der Waals surface area contributed by atoms with Crippen LogP contribution in [-0.4, -0.2) is 44.0 Å². The number of aliphatic hydroxyl groups excluding tert-OH is 1. The molecule has 5 nitrogen and oxygen atoms in total. The summed E-state index contributed by atoms with van der Waals surface area (Å²) in [6.45, 7) is 2.22. The third kappa shape index (κ3) is 20.7. The predicted octanol–water partition coefficient (Wildman–Crippen LogP) is 6.39. The summed E-state index contributed by atoms with van der Waals surface area (Å²) in [6.07, 6.45) is 21.3. The fourth-order valence-electron chi connectivity index (χ4n) is 4.09. The molecule has 0 atom stereocenters. The second kappa shape index (κ2) is 23.6. The van der Waals surface area contributed by atoms with Crippen LogP contribution in [0.5, 0.6) is 0 Å². The van der Waals surface area contributed by atoms with Gasteiger partial charge in [-0.15, -0.1) is 0 Å². The minimum atomic E-state index is -0.462. The van der Waals surface area contributed by atoms with Crippen molar-refractivity contribution in [3.63, 3.8) is 0 Å². The van der Waals surface area contributed by atoms with Crippen molar-refractivity contribution < 1.29 is 14.6 Å². The molecule has 1 aromatic rings. The number of carbonyl (C=O) groups is 1. The SMILES string of the molecule is O=C(NCCNCCCCCCCCCCCCCCCCCc1ccccc1)OCCO. The highest BCUT2D eigenvalue weighted by Gasteiger charge is 1.99. The van der Waals surface area contributed by atoms with Crippen LogP contribution in [0.3, 0.4) is 0 Å². The maximum Gasteiger partial charge on any atom is 0.407 e. The van der Waals surface area contributed by atoms with Gasteiger partial charge >= 0.3 is 6.09 Å². The van der Waals surface area contributed by atoms with Crippen LogP contribution in [0.4, 0.5) is 4.79 Å². The van der Waals surface area contributed by atoms with Crippen molar-refractivity contribution in [2.24, 2.45) is 0 Å². The lowest BCUT2D eigenvalue weighted by Gasteiger charge is -2.07. The molecule has 1 amide bonds. The average Bonchev–Trinajstić information content (AvgIpc) is 2.84. The van der Waals surface area contributed by atoms with E-state index < -0.39 is 6.09 Å². The smallest absolute Gasteiger partial charge is 0.407 e. The molecule has 0 aromatic heterocycles. The monoisotopic (exact) mass is 462 g/mol. The number of nitrogens with one attached hydrogen (secondary N) is 2. The molecule has 0 fully saturated rings. The Hall–Kier alpha value is -1.59. The number of unbranched alkanes of at least 4 members (excludes halogenated alkanes) is 14. The van der Waals surface area contributed by atoms with Crippen molar-refractivity contribution >= 4 is 6.09 Å². The molecule has 1 rings (SSSR count). The number of alkyl carbamates (subject to hydrolysis) is 1. The van der Waals surface area contributed by atoms with Gasteiger partial charge in [-0.1, -0.05) is 114 Å². The maximum absolute atomic E-state index is 11.2. The molecule has 0 aliphatic heterocycles. The van der Waals surface area contributed by atoms with Gasteiger partial charge < -0.3 is 20.5 Å². The largest absolute Gasteiger partial charge is 0.447 e. The average molecular weight is 463 g/mol. The summed E-state index contributed by atoms with van der Waals surface area (Å²) < 4.78 is 4.72. The highest BCUT2D eigenvalue weighted by molar-refractivity contribution is 5.67. The standard InChI is InChI=1S/C28H50N2O3/c31-25-26-33-28(32)30-24-23-29-22-18-13-11-9-7-5-3-1-2-4-6-8-10-12-15-19-27-20-16-14-17-21-27/h14,16-17,20-21,29,31H,1-13,15,18-19,22-26H2,(H,30,32). The van der Waals surface area contributed by atoms with Crippen LogP contribution in [0.15, 0.2) is 30.3 Å². The Balaban J connectivity index is 1.67. The summed E-state index contributed by atoms with van der Waals surface area (Å²) in [6, 6.07) is 10.9. The van der Waals surface area contributed by atoms with Crippen LogP contribution in [0, 0.1) is 0 Å². The highest BCUT2D eigenvalue weighted by atomic mass is 16.6. The van der Waals surface area contributed by atoms with Gasteiger partial charge in [0.25, 0.3) is 0 Å². The number of aryl methyl sites for hydroxylation is 1. The number of rotatable bonds is 23. The van der Waals surface area contributed by atoms with Crippen LogP contribution < -0.4 is 10.6 Å². The Labute approximate surface area is 203 Å². The summed E-state index contributed by atoms with van der Waals surface area (Å²) in [5.74, 6) is 0. The van der Waals surface area contributed by atoms with E-state index in [1.54, 1.807) is 0 Å². The minimum Gasteiger partial charge on any atom is -0.447 e. The number of carbonyl (C=O) groups excluding carboxylic acids is 1. The van der Waals surface area contributed by atoms with E-state index in [0.29, 0.717) is 6.54 Å². The van der Waals surface area contributed by atoms with E-state index in [-0.39, 0.29) is 13.2 Å². The zero-order chi connectivity index (χ0) is 23.7. The molecule has 3 N–H and O–H groups in total. The Morgan fingerprint density at radius 2 is 1.18 bits per heavy atom. The second-order valence-corrected chi connectivity index (χ2v) is 9.08. The molecular weight excluding hydrogens is 412 g/mol. The van der Waals surface area contributed by atoms with Crippen LogP contribution in [0.1, 0.15) is 102 Å². The molecule has 0 spiro atoms. The molecule has 0 aliphatic rings. The first-order valence-electron chi connectivity index (χ1n) is 13.6. The maximum atomic E-state index is 11.2. The molecule has 5 heteroatoms. The highest BCUT2D eigenvalue weighted by Crippen LogP contribution is 2.14. The lowest BCUT2D eigenvalue weighted by Crippen LogP contribution is -2.33. The minimum absolute atomic E-state index is 0.0511. The molecule has 0 bridgehead atoms. The molecule has 0 unspecified atom stereocenters. The van der Waals surface area contributed by atoms with Gasteiger partial charge in [-0.2, -0.15) is 0 Å².